The molecule has 0 N–H and O–H groups in total. The van der Waals surface area contributed by atoms with Crippen molar-refractivity contribution in [1.29, 1.82) is 0 Å². The zero-order chi connectivity index (χ0) is 18.5. The summed E-state index contributed by atoms with van der Waals surface area (Å²) in [5, 5.41) is -0.310. The van der Waals surface area contributed by atoms with E-state index >= 15 is 0 Å². The molecule has 3 nitrogen and oxygen atoms in total. The number of rotatable bonds is 7. The predicted octanol–water partition coefficient (Wildman–Crippen LogP) is 5.80. The Balaban J connectivity index is 2.02. The van der Waals surface area contributed by atoms with E-state index in [1.807, 2.05) is 48.5 Å². The molecule has 0 fully saturated rings. The van der Waals surface area contributed by atoms with Gasteiger partial charge in [-0.15, -0.1) is 11.3 Å². The van der Waals surface area contributed by atoms with Crippen LogP contribution in [0.3, 0.4) is 0 Å². The zero-order valence-corrected chi connectivity index (χ0v) is 16.2. The third-order valence-corrected chi connectivity index (χ3v) is 5.54. The molecular weight excluding hydrogens is 368 g/mol. The fourth-order valence-corrected chi connectivity index (χ4v) is 4.01. The van der Waals surface area contributed by atoms with Crippen LogP contribution in [-0.4, -0.2) is 19.5 Å². The molecule has 0 spiro atoms. The third-order valence-electron chi connectivity index (χ3n) is 4.10. The van der Waals surface area contributed by atoms with Crippen molar-refractivity contribution in [3.63, 3.8) is 0 Å². The lowest BCUT2D eigenvalue weighted by atomic mass is 10.0. The van der Waals surface area contributed by atoms with Crippen LogP contribution in [0.25, 0.3) is 21.6 Å². The Bertz CT molecular complexity index is 818. The van der Waals surface area contributed by atoms with Gasteiger partial charge in [0, 0.05) is 21.7 Å². The molecule has 1 aromatic heterocycles. The second kappa shape index (κ2) is 8.39. The second-order valence-electron chi connectivity index (χ2n) is 5.77. The van der Waals surface area contributed by atoms with Crippen molar-refractivity contribution in [2.24, 2.45) is 0 Å². The van der Waals surface area contributed by atoms with Crippen LogP contribution in [0, 0.1) is 0 Å². The third kappa shape index (κ3) is 4.26. The number of methoxy groups -OCH3 is 2. The molecule has 134 valence electrons. The van der Waals surface area contributed by atoms with E-state index in [1.165, 1.54) is 0 Å². The van der Waals surface area contributed by atoms with E-state index in [1.54, 1.807) is 25.6 Å². The molecule has 0 aliphatic heterocycles. The Morgan fingerprint density at radius 3 is 1.96 bits per heavy atom. The standard InChI is InChI=1S/C21H19ClO3S/c1-24-16-7-3-14(4-8-16)19-13-18(11-12-20(22)23)26-21(19)15-5-9-17(25-2)10-6-15/h3-10,13H,11-12H2,1-2H3. The molecule has 0 bridgehead atoms. The first kappa shape index (κ1) is 18.5. The van der Waals surface area contributed by atoms with E-state index in [0.29, 0.717) is 12.8 Å². The minimum absolute atomic E-state index is 0.310. The van der Waals surface area contributed by atoms with Gasteiger partial charge in [-0.2, -0.15) is 0 Å². The van der Waals surface area contributed by atoms with Gasteiger partial charge in [0.15, 0.2) is 0 Å². The van der Waals surface area contributed by atoms with E-state index in [4.69, 9.17) is 21.1 Å². The van der Waals surface area contributed by atoms with Gasteiger partial charge in [0.25, 0.3) is 0 Å². The van der Waals surface area contributed by atoms with Gasteiger partial charge in [-0.25, -0.2) is 0 Å². The Morgan fingerprint density at radius 1 is 0.923 bits per heavy atom. The summed E-state index contributed by atoms with van der Waals surface area (Å²) in [5.41, 5.74) is 3.36. The number of aryl methyl sites for hydroxylation is 1. The smallest absolute Gasteiger partial charge is 0.221 e. The fourth-order valence-electron chi connectivity index (χ4n) is 2.73. The average molecular weight is 387 g/mol. The number of hydrogen-bond acceptors (Lipinski definition) is 4. The van der Waals surface area contributed by atoms with E-state index in [0.717, 1.165) is 37.9 Å². The van der Waals surface area contributed by atoms with Crippen LogP contribution in [0.1, 0.15) is 11.3 Å². The molecule has 3 aromatic rings. The van der Waals surface area contributed by atoms with E-state index < -0.39 is 0 Å². The van der Waals surface area contributed by atoms with Crippen LogP contribution in [0.15, 0.2) is 54.6 Å². The van der Waals surface area contributed by atoms with Crippen LogP contribution < -0.4 is 9.47 Å². The maximum Gasteiger partial charge on any atom is 0.221 e. The van der Waals surface area contributed by atoms with Gasteiger partial charge in [0.2, 0.25) is 5.24 Å². The molecule has 0 amide bonds. The lowest BCUT2D eigenvalue weighted by Gasteiger charge is -2.07. The number of benzene rings is 2. The number of carbonyl (C=O) groups is 1. The highest BCUT2D eigenvalue weighted by atomic mass is 35.5. The van der Waals surface area contributed by atoms with Crippen LogP contribution >= 0.6 is 22.9 Å². The number of halogens is 1. The van der Waals surface area contributed by atoms with Gasteiger partial charge >= 0.3 is 0 Å². The van der Waals surface area contributed by atoms with Gasteiger partial charge < -0.3 is 9.47 Å². The average Bonchev–Trinajstić information content (AvgIpc) is 3.11. The van der Waals surface area contributed by atoms with E-state index in [9.17, 15) is 4.79 Å². The molecule has 0 atom stereocenters. The summed E-state index contributed by atoms with van der Waals surface area (Å²) >= 11 is 7.20. The highest BCUT2D eigenvalue weighted by Gasteiger charge is 2.14. The normalized spacial score (nSPS) is 10.6. The summed E-state index contributed by atoms with van der Waals surface area (Å²) in [4.78, 5) is 13.4. The Morgan fingerprint density at radius 2 is 1.46 bits per heavy atom. The topological polar surface area (TPSA) is 35.5 Å². The summed E-state index contributed by atoms with van der Waals surface area (Å²) in [6.45, 7) is 0. The maximum absolute atomic E-state index is 11.1. The molecule has 2 aromatic carbocycles. The molecular formula is C21H19ClO3S. The second-order valence-corrected chi connectivity index (χ2v) is 7.33. The first-order valence-electron chi connectivity index (χ1n) is 8.20. The molecule has 0 unspecified atom stereocenters. The molecule has 0 saturated carbocycles. The van der Waals surface area contributed by atoms with Gasteiger partial charge in [0.1, 0.15) is 11.5 Å². The lowest BCUT2D eigenvalue weighted by molar-refractivity contribution is -0.111. The van der Waals surface area contributed by atoms with Crippen molar-refractivity contribution in [2.45, 2.75) is 12.8 Å². The summed E-state index contributed by atoms with van der Waals surface area (Å²) < 4.78 is 10.5. The monoisotopic (exact) mass is 386 g/mol. The lowest BCUT2D eigenvalue weighted by Crippen LogP contribution is -1.88. The Hall–Kier alpha value is -2.30. The molecule has 1 heterocycles. The minimum Gasteiger partial charge on any atom is -0.497 e. The summed E-state index contributed by atoms with van der Waals surface area (Å²) in [5.74, 6) is 1.65. The molecule has 3 rings (SSSR count). The number of thiophene rings is 1. The minimum atomic E-state index is -0.310. The molecule has 0 saturated heterocycles. The van der Waals surface area contributed by atoms with Gasteiger partial charge in [0.05, 0.1) is 14.2 Å². The number of carbonyl (C=O) groups excluding carboxylic acids is 1. The van der Waals surface area contributed by atoms with Crippen LogP contribution in [-0.2, 0) is 11.2 Å². The van der Waals surface area contributed by atoms with Crippen molar-refractivity contribution in [3.8, 4) is 33.1 Å². The largest absolute Gasteiger partial charge is 0.497 e. The molecule has 5 heteroatoms. The van der Waals surface area contributed by atoms with Crippen LogP contribution in [0.4, 0.5) is 0 Å². The molecule has 0 aliphatic rings. The highest BCUT2D eigenvalue weighted by Crippen LogP contribution is 2.40. The molecule has 0 radical (unpaired) electrons. The molecule has 0 aliphatic carbocycles. The van der Waals surface area contributed by atoms with Gasteiger partial charge in [-0.05, 0) is 71.6 Å². The van der Waals surface area contributed by atoms with Crippen LogP contribution in [0.5, 0.6) is 11.5 Å². The Kier molecular flexibility index (Phi) is 5.96. The quantitative estimate of drug-likeness (QED) is 0.481. The number of hydrogen-bond donors (Lipinski definition) is 0. The van der Waals surface area contributed by atoms with E-state index in [2.05, 4.69) is 6.07 Å². The van der Waals surface area contributed by atoms with Crippen molar-refractivity contribution in [1.82, 2.24) is 0 Å². The zero-order valence-electron chi connectivity index (χ0n) is 14.6. The summed E-state index contributed by atoms with van der Waals surface area (Å²) in [6.07, 6.45) is 0.985. The van der Waals surface area contributed by atoms with E-state index in [-0.39, 0.29) is 5.24 Å². The van der Waals surface area contributed by atoms with Gasteiger partial charge in [-0.3, -0.25) is 4.79 Å². The predicted molar refractivity (Wildman–Crippen MR) is 107 cm³/mol. The van der Waals surface area contributed by atoms with Crippen LogP contribution in [0.2, 0.25) is 0 Å². The first-order valence-corrected chi connectivity index (χ1v) is 9.40. The van der Waals surface area contributed by atoms with Crippen molar-refractivity contribution in [2.75, 3.05) is 14.2 Å². The first-order chi connectivity index (χ1) is 12.6. The summed E-state index contributed by atoms with van der Waals surface area (Å²) in [7, 11) is 3.31. The van der Waals surface area contributed by atoms with Crippen molar-refractivity contribution in [3.05, 3.63) is 59.5 Å². The number of ether oxygens (including phenoxy) is 2. The summed E-state index contributed by atoms with van der Waals surface area (Å²) in [6, 6.07) is 18.1. The van der Waals surface area contributed by atoms with Gasteiger partial charge in [-0.1, -0.05) is 12.1 Å². The fraction of sp³-hybridized carbons (Fsp3) is 0.190. The van der Waals surface area contributed by atoms with Crippen molar-refractivity contribution < 1.29 is 14.3 Å². The van der Waals surface area contributed by atoms with Crippen molar-refractivity contribution >= 4 is 28.2 Å². The Labute approximate surface area is 162 Å². The highest BCUT2D eigenvalue weighted by molar-refractivity contribution is 7.16. The maximum atomic E-state index is 11.1. The molecule has 26 heavy (non-hydrogen) atoms. The SMILES string of the molecule is COc1ccc(-c2cc(CCC(=O)Cl)sc2-c2ccc(OC)cc2)cc1.